The number of nitrogens with zero attached hydrogens (tertiary/aromatic N) is 2. The number of halogens is 1. The first-order valence-electron chi connectivity index (χ1n) is 7.54. The lowest BCUT2D eigenvalue weighted by Gasteiger charge is -2.29. The van der Waals surface area contributed by atoms with Crippen LogP contribution < -0.4 is 0 Å². The summed E-state index contributed by atoms with van der Waals surface area (Å²) in [6.07, 6.45) is -0.393. The molecule has 0 saturated carbocycles. The summed E-state index contributed by atoms with van der Waals surface area (Å²) in [6.45, 7) is 5.06. The molecule has 1 aliphatic heterocycles. The SMILES string of the molecule is CN(CC#Cc1ccc(F)cc1)CC(O)CN1CCOCC1. The number of β-amino-alcohol motifs (C(OH)–C–C–N with tert-alkyl or cyclic N) is 1. The second-order valence-corrected chi connectivity index (χ2v) is 5.57. The highest BCUT2D eigenvalue weighted by Crippen LogP contribution is 2.01. The van der Waals surface area contributed by atoms with Crippen molar-refractivity contribution in [1.29, 1.82) is 0 Å². The van der Waals surface area contributed by atoms with Gasteiger partial charge in [0.15, 0.2) is 0 Å². The Kier molecular flexibility index (Phi) is 6.81. The van der Waals surface area contributed by atoms with Gasteiger partial charge in [0.25, 0.3) is 0 Å². The minimum atomic E-state index is -0.393. The fraction of sp³-hybridized carbons (Fsp3) is 0.529. The third-order valence-electron chi connectivity index (χ3n) is 3.52. The van der Waals surface area contributed by atoms with Gasteiger partial charge in [-0.25, -0.2) is 4.39 Å². The second-order valence-electron chi connectivity index (χ2n) is 5.57. The highest BCUT2D eigenvalue weighted by atomic mass is 19.1. The molecule has 1 heterocycles. The van der Waals surface area contributed by atoms with Gasteiger partial charge in [-0.1, -0.05) is 11.8 Å². The lowest BCUT2D eigenvalue weighted by atomic mass is 10.2. The number of ether oxygens (including phenoxy) is 1. The van der Waals surface area contributed by atoms with Crippen LogP contribution in [0, 0.1) is 17.7 Å². The lowest BCUT2D eigenvalue weighted by molar-refractivity contribution is 0.00946. The first-order valence-corrected chi connectivity index (χ1v) is 7.54. The number of aliphatic hydroxyl groups excluding tert-OH is 1. The molecule has 0 aromatic heterocycles. The minimum absolute atomic E-state index is 0.256. The van der Waals surface area contributed by atoms with E-state index in [0.29, 0.717) is 19.6 Å². The molecular weight excluding hydrogens is 283 g/mol. The molecule has 0 amide bonds. The molecule has 2 rings (SSSR count). The Labute approximate surface area is 131 Å². The van der Waals surface area contributed by atoms with E-state index in [1.807, 2.05) is 11.9 Å². The monoisotopic (exact) mass is 306 g/mol. The van der Waals surface area contributed by atoms with Crippen molar-refractivity contribution < 1.29 is 14.2 Å². The fourth-order valence-corrected chi connectivity index (χ4v) is 2.37. The summed E-state index contributed by atoms with van der Waals surface area (Å²) in [6, 6.07) is 6.13. The van der Waals surface area contributed by atoms with Crippen molar-refractivity contribution in [3.63, 3.8) is 0 Å². The Hall–Kier alpha value is -1.45. The third-order valence-corrected chi connectivity index (χ3v) is 3.52. The standard InChI is InChI=1S/C17H23FN2O2/c1-19(8-2-3-15-4-6-16(18)7-5-15)13-17(21)14-20-9-11-22-12-10-20/h4-7,17,21H,8-14H2,1H3. The van der Waals surface area contributed by atoms with E-state index in [4.69, 9.17) is 4.74 Å². The van der Waals surface area contributed by atoms with Gasteiger partial charge in [0.1, 0.15) is 5.82 Å². The second kappa shape index (κ2) is 8.86. The van der Waals surface area contributed by atoms with Crippen molar-refractivity contribution >= 4 is 0 Å². The minimum Gasteiger partial charge on any atom is -0.390 e. The quantitative estimate of drug-likeness (QED) is 0.817. The first kappa shape index (κ1) is 16.9. The Balaban J connectivity index is 1.70. The van der Waals surface area contributed by atoms with Crippen molar-refractivity contribution in [2.24, 2.45) is 0 Å². The molecular formula is C17H23FN2O2. The summed E-state index contributed by atoms with van der Waals surface area (Å²) in [5.41, 5.74) is 0.795. The lowest BCUT2D eigenvalue weighted by Crippen LogP contribution is -2.44. The van der Waals surface area contributed by atoms with Crippen LogP contribution in [0.25, 0.3) is 0 Å². The first-order chi connectivity index (χ1) is 10.6. The van der Waals surface area contributed by atoms with E-state index in [-0.39, 0.29) is 5.82 Å². The average Bonchev–Trinajstić information content (AvgIpc) is 2.50. The molecule has 1 aromatic rings. The summed E-state index contributed by atoms with van der Waals surface area (Å²) >= 11 is 0. The molecule has 120 valence electrons. The molecule has 22 heavy (non-hydrogen) atoms. The van der Waals surface area contributed by atoms with E-state index in [2.05, 4.69) is 16.7 Å². The highest BCUT2D eigenvalue weighted by molar-refractivity contribution is 5.34. The maximum atomic E-state index is 12.8. The van der Waals surface area contributed by atoms with Crippen LogP contribution in [-0.2, 0) is 4.74 Å². The number of morpholine rings is 1. The van der Waals surface area contributed by atoms with E-state index < -0.39 is 6.10 Å². The van der Waals surface area contributed by atoms with Crippen LogP contribution in [0.2, 0.25) is 0 Å². The van der Waals surface area contributed by atoms with Crippen molar-refractivity contribution in [2.45, 2.75) is 6.10 Å². The molecule has 0 aliphatic carbocycles. The fourth-order valence-electron chi connectivity index (χ4n) is 2.37. The maximum Gasteiger partial charge on any atom is 0.123 e. The van der Waals surface area contributed by atoms with Gasteiger partial charge < -0.3 is 9.84 Å². The molecule has 4 nitrogen and oxygen atoms in total. The van der Waals surface area contributed by atoms with Crippen molar-refractivity contribution in [1.82, 2.24) is 9.80 Å². The van der Waals surface area contributed by atoms with Crippen molar-refractivity contribution in [3.05, 3.63) is 35.6 Å². The summed E-state index contributed by atoms with van der Waals surface area (Å²) in [5, 5.41) is 10.1. The molecule has 1 fully saturated rings. The topological polar surface area (TPSA) is 35.9 Å². The number of hydrogen-bond donors (Lipinski definition) is 1. The molecule has 1 saturated heterocycles. The highest BCUT2D eigenvalue weighted by Gasteiger charge is 2.15. The van der Waals surface area contributed by atoms with Gasteiger partial charge in [-0.05, 0) is 31.3 Å². The van der Waals surface area contributed by atoms with Crippen molar-refractivity contribution in [3.8, 4) is 11.8 Å². The smallest absolute Gasteiger partial charge is 0.123 e. The normalized spacial score (nSPS) is 17.1. The third kappa shape index (κ3) is 6.12. The zero-order valence-corrected chi connectivity index (χ0v) is 13.0. The molecule has 5 heteroatoms. The van der Waals surface area contributed by atoms with Crippen LogP contribution in [0.15, 0.2) is 24.3 Å². The van der Waals surface area contributed by atoms with Crippen LogP contribution in [0.3, 0.4) is 0 Å². The predicted molar refractivity (Wildman–Crippen MR) is 84.0 cm³/mol. The molecule has 0 radical (unpaired) electrons. The summed E-state index contributed by atoms with van der Waals surface area (Å²) in [5.74, 6) is 5.77. The molecule has 1 N–H and O–H groups in total. The van der Waals surface area contributed by atoms with E-state index in [9.17, 15) is 9.50 Å². The number of benzene rings is 1. The molecule has 1 unspecified atom stereocenters. The van der Waals surface area contributed by atoms with Gasteiger partial charge >= 0.3 is 0 Å². The van der Waals surface area contributed by atoms with Crippen LogP contribution in [0.5, 0.6) is 0 Å². The predicted octanol–water partition coefficient (Wildman–Crippen LogP) is 0.802. The van der Waals surface area contributed by atoms with Gasteiger partial charge in [-0.3, -0.25) is 9.80 Å². The molecule has 1 atom stereocenters. The van der Waals surface area contributed by atoms with E-state index in [1.54, 1.807) is 12.1 Å². The largest absolute Gasteiger partial charge is 0.390 e. The Morgan fingerprint density at radius 2 is 2.00 bits per heavy atom. The molecule has 1 aliphatic rings. The van der Waals surface area contributed by atoms with E-state index in [0.717, 1.165) is 31.9 Å². The molecule has 0 bridgehead atoms. The van der Waals surface area contributed by atoms with Crippen LogP contribution >= 0.6 is 0 Å². The summed E-state index contributed by atoms with van der Waals surface area (Å²) in [7, 11) is 1.93. The molecule has 0 spiro atoms. The number of likely N-dealkylation sites (N-methyl/N-ethyl adjacent to an activating group) is 1. The number of aliphatic hydroxyl groups is 1. The van der Waals surface area contributed by atoms with E-state index >= 15 is 0 Å². The van der Waals surface area contributed by atoms with Gasteiger partial charge in [0.2, 0.25) is 0 Å². The van der Waals surface area contributed by atoms with Crippen LogP contribution in [0.4, 0.5) is 4.39 Å². The Morgan fingerprint density at radius 1 is 1.32 bits per heavy atom. The number of rotatable bonds is 5. The van der Waals surface area contributed by atoms with Crippen molar-refractivity contribution in [2.75, 3.05) is 53.0 Å². The van der Waals surface area contributed by atoms with Crippen LogP contribution in [-0.4, -0.2) is 74.0 Å². The average molecular weight is 306 g/mol. The number of hydrogen-bond acceptors (Lipinski definition) is 4. The summed E-state index contributed by atoms with van der Waals surface area (Å²) < 4.78 is 18.1. The van der Waals surface area contributed by atoms with Gasteiger partial charge in [0.05, 0.1) is 25.9 Å². The summed E-state index contributed by atoms with van der Waals surface area (Å²) in [4.78, 5) is 4.20. The van der Waals surface area contributed by atoms with Gasteiger partial charge in [0, 0.05) is 31.7 Å². The zero-order valence-electron chi connectivity index (χ0n) is 13.0. The van der Waals surface area contributed by atoms with Gasteiger partial charge in [-0.15, -0.1) is 0 Å². The van der Waals surface area contributed by atoms with E-state index in [1.165, 1.54) is 12.1 Å². The molecule has 1 aromatic carbocycles. The van der Waals surface area contributed by atoms with Gasteiger partial charge in [-0.2, -0.15) is 0 Å². The Bertz CT molecular complexity index is 504. The van der Waals surface area contributed by atoms with Crippen LogP contribution in [0.1, 0.15) is 5.56 Å². The Morgan fingerprint density at radius 3 is 2.68 bits per heavy atom. The zero-order chi connectivity index (χ0) is 15.8. The maximum absolute atomic E-state index is 12.8.